The Morgan fingerprint density at radius 1 is 0.511 bits per heavy atom. The van der Waals surface area contributed by atoms with Gasteiger partial charge in [0.1, 0.15) is 5.65 Å². The van der Waals surface area contributed by atoms with Gasteiger partial charge in [0.15, 0.2) is 0 Å². The summed E-state index contributed by atoms with van der Waals surface area (Å²) in [6, 6.07) is 51.4. The summed E-state index contributed by atoms with van der Waals surface area (Å²) in [6.45, 7) is 4.74. The van der Waals surface area contributed by atoms with Crippen LogP contribution in [0.4, 0.5) is 0 Å². The topological polar surface area (TPSA) is 22.2 Å². The van der Waals surface area contributed by atoms with E-state index in [1.54, 1.807) is 0 Å². The van der Waals surface area contributed by atoms with Crippen molar-refractivity contribution in [3.8, 4) is 16.8 Å². The van der Waals surface area contributed by atoms with Gasteiger partial charge in [0.05, 0.1) is 27.6 Å². The fraction of sp³-hybridized carbons (Fsp3) is 0.0682. The Bertz CT molecular complexity index is 2990. The lowest BCUT2D eigenvalue weighted by molar-refractivity contribution is 0.645. The molecule has 0 atom stereocenters. The number of fused-ring (bicyclic) bond motifs is 14. The minimum Gasteiger partial charge on any atom is -0.309 e. The third-order valence-electron chi connectivity index (χ3n) is 10.8. The summed E-state index contributed by atoms with van der Waals surface area (Å²) >= 11 is 0. The number of hydrogen-bond acceptors (Lipinski definition) is 1. The van der Waals surface area contributed by atoms with Crippen molar-refractivity contribution in [1.29, 1.82) is 0 Å². The molecule has 0 bridgehead atoms. The molecular weight excluding hydrogens is 571 g/mol. The third-order valence-corrected chi connectivity index (χ3v) is 10.8. The third kappa shape index (κ3) is 3.09. The molecule has 11 rings (SSSR count). The Morgan fingerprint density at radius 2 is 1.23 bits per heavy atom. The van der Waals surface area contributed by atoms with Gasteiger partial charge in [-0.3, -0.25) is 4.40 Å². The first-order valence-electron chi connectivity index (χ1n) is 16.4. The Kier molecular flexibility index (Phi) is 4.66. The second-order valence-electron chi connectivity index (χ2n) is 13.6. The first-order chi connectivity index (χ1) is 23.1. The molecule has 0 N–H and O–H groups in total. The van der Waals surface area contributed by atoms with Crippen molar-refractivity contribution in [3.63, 3.8) is 0 Å². The number of hydrogen-bond donors (Lipinski definition) is 0. The highest BCUT2D eigenvalue weighted by Gasteiger charge is 2.35. The first kappa shape index (κ1) is 25.3. The van der Waals surface area contributed by atoms with Crippen molar-refractivity contribution in [2.75, 3.05) is 0 Å². The zero-order chi connectivity index (χ0) is 31.0. The summed E-state index contributed by atoms with van der Waals surface area (Å²) in [5, 5.41) is 8.86. The van der Waals surface area contributed by atoms with Gasteiger partial charge in [0.25, 0.3) is 0 Å². The summed E-state index contributed by atoms with van der Waals surface area (Å²) in [6.07, 6.45) is 0. The van der Waals surface area contributed by atoms with E-state index in [0.29, 0.717) is 0 Å². The van der Waals surface area contributed by atoms with Crippen LogP contribution in [-0.4, -0.2) is 14.0 Å². The van der Waals surface area contributed by atoms with E-state index < -0.39 is 0 Å². The molecule has 3 nitrogen and oxygen atoms in total. The molecule has 47 heavy (non-hydrogen) atoms. The fourth-order valence-electron chi connectivity index (χ4n) is 8.80. The monoisotopic (exact) mass is 599 g/mol. The van der Waals surface area contributed by atoms with Crippen molar-refractivity contribution < 1.29 is 0 Å². The molecule has 10 aromatic rings. The van der Waals surface area contributed by atoms with Gasteiger partial charge >= 0.3 is 0 Å². The second-order valence-corrected chi connectivity index (χ2v) is 13.6. The highest BCUT2D eigenvalue weighted by molar-refractivity contribution is 6.25. The number of nitrogens with zero attached hydrogens (tertiary/aromatic N) is 3. The van der Waals surface area contributed by atoms with Crippen molar-refractivity contribution in [1.82, 2.24) is 14.0 Å². The molecule has 1 aliphatic carbocycles. The quantitative estimate of drug-likeness (QED) is 0.172. The molecule has 0 saturated heterocycles. The summed E-state index contributed by atoms with van der Waals surface area (Å²) in [5.74, 6) is 0. The van der Waals surface area contributed by atoms with E-state index in [9.17, 15) is 0 Å². The van der Waals surface area contributed by atoms with Crippen LogP contribution in [0.5, 0.6) is 0 Å². The first-order valence-corrected chi connectivity index (χ1v) is 16.4. The number of rotatable bonds is 1. The van der Waals surface area contributed by atoms with E-state index in [0.717, 1.165) is 27.8 Å². The largest absolute Gasteiger partial charge is 0.309 e. The lowest BCUT2D eigenvalue weighted by Crippen LogP contribution is -2.23. The maximum atomic E-state index is 5.22. The predicted molar refractivity (Wildman–Crippen MR) is 197 cm³/mol. The van der Waals surface area contributed by atoms with Crippen molar-refractivity contribution >= 4 is 70.9 Å². The van der Waals surface area contributed by atoms with Crippen LogP contribution in [0.1, 0.15) is 25.0 Å². The molecule has 3 heterocycles. The van der Waals surface area contributed by atoms with Crippen LogP contribution in [0.15, 0.2) is 140 Å². The molecule has 0 unspecified atom stereocenters. The summed E-state index contributed by atoms with van der Waals surface area (Å²) in [5.41, 5.74) is 13.3. The van der Waals surface area contributed by atoms with Gasteiger partial charge in [0.2, 0.25) is 0 Å². The maximum Gasteiger partial charge on any atom is 0.146 e. The average Bonchev–Trinajstić information content (AvgIpc) is 3.66. The number of para-hydroxylation sites is 4. The molecule has 7 aromatic carbocycles. The Hall–Kier alpha value is -5.93. The molecular formula is C44H29N3. The molecule has 0 saturated carbocycles. The number of imidazole rings is 1. The SMILES string of the molecule is CC1(C)c2ccccc2-c2c3c1cccc3cc1c2c2ccccc2n1-c1ccc2c3ccccc3n3c4ccccc4nc3c2c1. The van der Waals surface area contributed by atoms with Gasteiger partial charge in [-0.1, -0.05) is 111 Å². The van der Waals surface area contributed by atoms with Crippen molar-refractivity contribution in [2.24, 2.45) is 0 Å². The molecule has 0 spiro atoms. The highest BCUT2D eigenvalue weighted by atomic mass is 15.0. The molecule has 1 aliphatic rings. The van der Waals surface area contributed by atoms with Crippen molar-refractivity contribution in [2.45, 2.75) is 19.3 Å². The minimum absolute atomic E-state index is 0.0879. The van der Waals surface area contributed by atoms with Gasteiger partial charge in [0, 0.05) is 38.2 Å². The van der Waals surface area contributed by atoms with Crippen LogP contribution in [-0.2, 0) is 5.41 Å². The Balaban J connectivity index is 1.32. The van der Waals surface area contributed by atoms with E-state index in [1.807, 2.05) is 0 Å². The zero-order valence-electron chi connectivity index (χ0n) is 26.1. The Labute approximate surface area is 270 Å². The van der Waals surface area contributed by atoms with Gasteiger partial charge < -0.3 is 4.57 Å². The number of pyridine rings is 1. The van der Waals surface area contributed by atoms with Crippen LogP contribution in [0.25, 0.3) is 87.7 Å². The van der Waals surface area contributed by atoms with Crippen LogP contribution < -0.4 is 0 Å². The number of aromatic nitrogens is 3. The van der Waals surface area contributed by atoms with Gasteiger partial charge in [-0.15, -0.1) is 0 Å². The number of benzene rings is 7. The second kappa shape index (κ2) is 8.65. The zero-order valence-corrected chi connectivity index (χ0v) is 26.1. The lowest BCUT2D eigenvalue weighted by Gasteiger charge is -2.35. The molecule has 0 radical (unpaired) electrons. The molecule has 220 valence electrons. The maximum absolute atomic E-state index is 5.22. The highest BCUT2D eigenvalue weighted by Crippen LogP contribution is 2.53. The van der Waals surface area contributed by atoms with Crippen molar-refractivity contribution in [3.05, 3.63) is 151 Å². The fourth-order valence-corrected chi connectivity index (χ4v) is 8.80. The summed E-state index contributed by atoms with van der Waals surface area (Å²) in [4.78, 5) is 5.22. The normalized spacial score (nSPS) is 13.9. The molecule has 3 heteroatoms. The van der Waals surface area contributed by atoms with E-state index in [4.69, 9.17) is 4.98 Å². The molecule has 0 fully saturated rings. The van der Waals surface area contributed by atoms with E-state index in [2.05, 4.69) is 162 Å². The van der Waals surface area contributed by atoms with Gasteiger partial charge in [-0.05, 0) is 75.3 Å². The summed E-state index contributed by atoms with van der Waals surface area (Å²) in [7, 11) is 0. The molecule has 0 aliphatic heterocycles. The van der Waals surface area contributed by atoms with Gasteiger partial charge in [-0.25, -0.2) is 4.98 Å². The lowest BCUT2D eigenvalue weighted by atomic mass is 9.68. The Morgan fingerprint density at radius 3 is 2.13 bits per heavy atom. The molecule has 3 aromatic heterocycles. The van der Waals surface area contributed by atoms with E-state index in [1.165, 1.54) is 71.1 Å². The van der Waals surface area contributed by atoms with E-state index >= 15 is 0 Å². The van der Waals surface area contributed by atoms with E-state index in [-0.39, 0.29) is 5.41 Å². The van der Waals surface area contributed by atoms with Crippen LogP contribution >= 0.6 is 0 Å². The van der Waals surface area contributed by atoms with Gasteiger partial charge in [-0.2, -0.15) is 0 Å². The molecule has 0 amide bonds. The summed E-state index contributed by atoms with van der Waals surface area (Å²) < 4.78 is 4.81. The van der Waals surface area contributed by atoms with Crippen LogP contribution in [0.3, 0.4) is 0 Å². The smallest absolute Gasteiger partial charge is 0.146 e. The van der Waals surface area contributed by atoms with Crippen LogP contribution in [0.2, 0.25) is 0 Å². The minimum atomic E-state index is -0.0879. The van der Waals surface area contributed by atoms with Crippen LogP contribution in [0, 0.1) is 0 Å². The standard InChI is InChI=1S/C44H29N3/c1-44(2)33-16-6-3-14-30(33)42-40-26(12-11-17-34(40)44)24-39-41(42)31-15-5-9-20-37(31)46(39)27-22-23-28-29-13-4-8-19-36(29)47-38-21-10-7-18-35(38)45-43(47)32(28)25-27/h3-25H,1-2H3. The average molecular weight is 600 g/mol. The predicted octanol–water partition coefficient (Wildman–Crippen LogP) is 11.4.